The van der Waals surface area contributed by atoms with Crippen molar-refractivity contribution in [3.05, 3.63) is 29.3 Å². The molecule has 1 heterocycles. The van der Waals surface area contributed by atoms with Crippen LogP contribution in [0.3, 0.4) is 0 Å². The number of hydrogen-bond donors (Lipinski definition) is 1. The quantitative estimate of drug-likeness (QED) is 0.822. The van der Waals surface area contributed by atoms with Gasteiger partial charge in [0.05, 0.1) is 11.1 Å². The van der Waals surface area contributed by atoms with E-state index in [4.69, 9.17) is 0 Å². The first-order chi connectivity index (χ1) is 9.73. The maximum atomic E-state index is 12.9. The van der Waals surface area contributed by atoms with Gasteiger partial charge >= 0.3 is 6.18 Å². The average Bonchev–Trinajstić information content (AvgIpc) is 2.40. The number of thioether (sulfide) groups is 1. The summed E-state index contributed by atoms with van der Waals surface area (Å²) >= 11 is 1.55. The van der Waals surface area contributed by atoms with E-state index in [0.717, 1.165) is 24.7 Å². The Morgan fingerprint density at radius 2 is 2.10 bits per heavy atom. The molecule has 0 bridgehead atoms. The molecule has 1 aromatic carbocycles. The number of anilines is 1. The van der Waals surface area contributed by atoms with Gasteiger partial charge in [-0.2, -0.15) is 13.2 Å². The Bertz CT molecular complexity index is 554. The molecule has 1 atom stereocenters. The number of halogens is 3. The molecule has 0 aromatic heterocycles. The van der Waals surface area contributed by atoms with E-state index >= 15 is 0 Å². The van der Waals surface area contributed by atoms with Crippen LogP contribution in [0.5, 0.6) is 0 Å². The topological polar surface area (TPSA) is 24.4 Å². The minimum atomic E-state index is -4.33. The van der Waals surface area contributed by atoms with Gasteiger partial charge in [0.1, 0.15) is 0 Å². The summed E-state index contributed by atoms with van der Waals surface area (Å²) in [6, 6.07) is 4.29. The van der Waals surface area contributed by atoms with Crippen molar-refractivity contribution in [2.75, 3.05) is 11.1 Å². The van der Waals surface area contributed by atoms with Crippen LogP contribution < -0.4 is 5.32 Å². The molecular weight excluding hydrogens is 297 g/mol. The van der Waals surface area contributed by atoms with Crippen molar-refractivity contribution in [3.8, 4) is 0 Å². The van der Waals surface area contributed by atoms with Gasteiger partial charge in [-0.05, 0) is 44.4 Å². The highest BCUT2D eigenvalue weighted by atomic mass is 32.2. The van der Waals surface area contributed by atoms with Gasteiger partial charge in [0.2, 0.25) is 0 Å². The standard InChI is InChI=1S/C15H19F3N2S/c1-4-14(3)7-8-21-13(20-14)19-11-6-5-10(2)12(9-11)15(16,17)18/h5-6,9H,4,7-8H2,1-3H3,(H,19,20). The number of nitrogens with one attached hydrogen (secondary N) is 1. The van der Waals surface area contributed by atoms with Gasteiger partial charge in [0.15, 0.2) is 5.17 Å². The van der Waals surface area contributed by atoms with Crippen LogP contribution in [-0.4, -0.2) is 16.5 Å². The number of rotatable bonds is 2. The smallest absolute Gasteiger partial charge is 0.335 e. The highest BCUT2D eigenvalue weighted by Crippen LogP contribution is 2.34. The SMILES string of the molecule is CCC1(C)CCSC(Nc2ccc(C)c(C(F)(F)F)c2)=N1. The molecule has 21 heavy (non-hydrogen) atoms. The number of benzene rings is 1. The molecule has 0 fully saturated rings. The fourth-order valence-electron chi connectivity index (χ4n) is 2.15. The number of alkyl halides is 3. The number of aryl methyl sites for hydroxylation is 1. The molecule has 116 valence electrons. The van der Waals surface area contributed by atoms with Crippen molar-refractivity contribution in [1.82, 2.24) is 0 Å². The summed E-state index contributed by atoms with van der Waals surface area (Å²) in [5.41, 5.74) is -0.0677. The highest BCUT2D eigenvalue weighted by Gasteiger charge is 2.32. The third kappa shape index (κ3) is 3.93. The molecule has 1 aromatic rings. The van der Waals surface area contributed by atoms with E-state index in [-0.39, 0.29) is 11.1 Å². The molecule has 0 aliphatic carbocycles. The predicted molar refractivity (Wildman–Crippen MR) is 83.0 cm³/mol. The molecule has 0 spiro atoms. The molecule has 0 saturated heterocycles. The van der Waals surface area contributed by atoms with Crippen LogP contribution in [0.2, 0.25) is 0 Å². The lowest BCUT2D eigenvalue weighted by atomic mass is 9.97. The summed E-state index contributed by atoms with van der Waals surface area (Å²) < 4.78 is 38.8. The Morgan fingerprint density at radius 3 is 2.71 bits per heavy atom. The average molecular weight is 316 g/mol. The predicted octanol–water partition coefficient (Wildman–Crippen LogP) is 5.09. The first kappa shape index (κ1) is 16.2. The van der Waals surface area contributed by atoms with Gasteiger partial charge in [0, 0.05) is 11.4 Å². The maximum absolute atomic E-state index is 12.9. The zero-order chi connectivity index (χ0) is 15.7. The van der Waals surface area contributed by atoms with Gasteiger partial charge in [0.25, 0.3) is 0 Å². The van der Waals surface area contributed by atoms with E-state index in [0.29, 0.717) is 10.9 Å². The molecule has 0 amide bonds. The van der Waals surface area contributed by atoms with Gasteiger partial charge < -0.3 is 5.32 Å². The highest BCUT2D eigenvalue weighted by molar-refractivity contribution is 8.14. The second-order valence-electron chi connectivity index (χ2n) is 5.52. The van der Waals surface area contributed by atoms with Crippen molar-refractivity contribution in [1.29, 1.82) is 0 Å². The Labute approximate surface area is 127 Å². The van der Waals surface area contributed by atoms with Crippen molar-refractivity contribution >= 4 is 22.6 Å². The molecule has 0 saturated carbocycles. The third-order valence-corrected chi connectivity index (χ3v) is 4.68. The molecule has 1 aliphatic rings. The fraction of sp³-hybridized carbons (Fsp3) is 0.533. The van der Waals surface area contributed by atoms with Gasteiger partial charge in [-0.15, -0.1) is 0 Å². The molecule has 2 nitrogen and oxygen atoms in total. The van der Waals surface area contributed by atoms with E-state index < -0.39 is 11.7 Å². The molecule has 1 aliphatic heterocycles. The minimum absolute atomic E-state index is 0.120. The summed E-state index contributed by atoms with van der Waals surface area (Å²) in [6.07, 6.45) is -2.43. The van der Waals surface area contributed by atoms with Crippen LogP contribution in [0.15, 0.2) is 23.2 Å². The first-order valence-electron chi connectivity index (χ1n) is 6.91. The molecule has 1 N–H and O–H groups in total. The first-order valence-corrected chi connectivity index (χ1v) is 7.89. The minimum Gasteiger partial charge on any atom is -0.335 e. The zero-order valence-corrected chi connectivity index (χ0v) is 13.2. The van der Waals surface area contributed by atoms with Crippen LogP contribution in [0.1, 0.15) is 37.8 Å². The molecular formula is C15H19F3N2S. The van der Waals surface area contributed by atoms with E-state index in [9.17, 15) is 13.2 Å². The monoisotopic (exact) mass is 316 g/mol. The Kier molecular flexibility index (Phi) is 4.56. The van der Waals surface area contributed by atoms with Crippen LogP contribution in [0.4, 0.5) is 18.9 Å². The zero-order valence-electron chi connectivity index (χ0n) is 12.3. The van der Waals surface area contributed by atoms with E-state index in [2.05, 4.69) is 24.2 Å². The van der Waals surface area contributed by atoms with Crippen LogP contribution in [0, 0.1) is 6.92 Å². The molecule has 2 rings (SSSR count). The van der Waals surface area contributed by atoms with Crippen molar-refractivity contribution in [3.63, 3.8) is 0 Å². The van der Waals surface area contributed by atoms with Crippen molar-refractivity contribution in [2.24, 2.45) is 4.99 Å². The van der Waals surface area contributed by atoms with Gasteiger partial charge in [-0.1, -0.05) is 24.8 Å². The van der Waals surface area contributed by atoms with Crippen molar-refractivity contribution in [2.45, 2.75) is 45.3 Å². The normalized spacial score (nSPS) is 22.9. The fourth-order valence-corrected chi connectivity index (χ4v) is 3.36. The Hall–Kier alpha value is -1.17. The van der Waals surface area contributed by atoms with Crippen LogP contribution in [-0.2, 0) is 6.18 Å². The van der Waals surface area contributed by atoms with Crippen LogP contribution >= 0.6 is 11.8 Å². The lowest BCUT2D eigenvalue weighted by Gasteiger charge is -2.29. The van der Waals surface area contributed by atoms with E-state index in [1.165, 1.54) is 13.0 Å². The lowest BCUT2D eigenvalue weighted by Crippen LogP contribution is -2.29. The van der Waals surface area contributed by atoms with Gasteiger partial charge in [-0.25, -0.2) is 0 Å². The van der Waals surface area contributed by atoms with Crippen LogP contribution in [0.25, 0.3) is 0 Å². The summed E-state index contributed by atoms with van der Waals surface area (Å²) in [4.78, 5) is 4.63. The second-order valence-corrected chi connectivity index (χ2v) is 6.60. The number of hydrogen-bond acceptors (Lipinski definition) is 3. The van der Waals surface area contributed by atoms with E-state index in [1.807, 2.05) is 0 Å². The number of amidine groups is 1. The molecule has 6 heteroatoms. The van der Waals surface area contributed by atoms with E-state index in [1.54, 1.807) is 17.8 Å². The lowest BCUT2D eigenvalue weighted by molar-refractivity contribution is -0.138. The maximum Gasteiger partial charge on any atom is 0.416 e. The summed E-state index contributed by atoms with van der Waals surface area (Å²) in [5.74, 6) is 0.925. The summed E-state index contributed by atoms with van der Waals surface area (Å²) in [5, 5.41) is 3.72. The van der Waals surface area contributed by atoms with Crippen molar-refractivity contribution < 1.29 is 13.2 Å². The van der Waals surface area contributed by atoms with Gasteiger partial charge in [-0.3, -0.25) is 4.99 Å². The summed E-state index contributed by atoms with van der Waals surface area (Å²) in [7, 11) is 0. The molecule has 1 unspecified atom stereocenters. The molecule has 0 radical (unpaired) electrons. The summed E-state index contributed by atoms with van der Waals surface area (Å²) in [6.45, 7) is 5.61. The number of nitrogens with zero attached hydrogens (tertiary/aromatic N) is 1. The number of aliphatic imine (C=N–C) groups is 1. The second kappa shape index (κ2) is 5.91. The Balaban J connectivity index is 2.25. The Morgan fingerprint density at radius 1 is 1.38 bits per heavy atom. The third-order valence-electron chi connectivity index (χ3n) is 3.81. The largest absolute Gasteiger partial charge is 0.416 e.